The Bertz CT molecular complexity index is 487. The number of aliphatic carboxylic acids is 1. The maximum Gasteiger partial charge on any atom is 0.308 e. The van der Waals surface area contributed by atoms with Crippen molar-refractivity contribution < 1.29 is 9.90 Å². The maximum absolute atomic E-state index is 11.7. The van der Waals surface area contributed by atoms with Gasteiger partial charge in [0, 0.05) is 5.25 Å². The van der Waals surface area contributed by atoms with E-state index >= 15 is 0 Å². The number of thioether (sulfide) groups is 1. The molecule has 4 N–H and O–H groups in total. The summed E-state index contributed by atoms with van der Waals surface area (Å²) in [6.45, 7) is 4.17. The molecule has 0 radical (unpaired) electrons. The van der Waals surface area contributed by atoms with Gasteiger partial charge >= 0.3 is 5.97 Å². The molecule has 0 bridgehead atoms. The molecule has 100 valence electrons. The van der Waals surface area contributed by atoms with Gasteiger partial charge in [-0.1, -0.05) is 13.8 Å². The van der Waals surface area contributed by atoms with E-state index < -0.39 is 17.9 Å². The number of aromatic nitrogens is 2. The third-order valence-electron chi connectivity index (χ3n) is 2.50. The van der Waals surface area contributed by atoms with E-state index in [-0.39, 0.29) is 11.4 Å². The first kappa shape index (κ1) is 14.6. The van der Waals surface area contributed by atoms with E-state index in [2.05, 4.69) is 23.8 Å². The molecule has 0 amide bonds. The van der Waals surface area contributed by atoms with Gasteiger partial charge in [-0.25, -0.2) is 4.98 Å². The number of aromatic amines is 1. The molecule has 1 rings (SSSR count). The fraction of sp³-hybridized carbons (Fsp3) is 0.545. The Labute approximate surface area is 109 Å². The highest BCUT2D eigenvalue weighted by atomic mass is 32.2. The summed E-state index contributed by atoms with van der Waals surface area (Å²) in [5.41, 5.74) is 5.15. The number of nitrogens with one attached hydrogen (secondary N) is 1. The van der Waals surface area contributed by atoms with Crippen LogP contribution in [0.25, 0.3) is 0 Å². The minimum Gasteiger partial charge on any atom is -0.481 e. The van der Waals surface area contributed by atoms with Crippen LogP contribution >= 0.6 is 11.8 Å². The van der Waals surface area contributed by atoms with Crippen molar-refractivity contribution in [2.24, 2.45) is 0 Å². The third kappa shape index (κ3) is 4.06. The first-order valence-electron chi connectivity index (χ1n) is 5.65. The third-order valence-corrected chi connectivity index (χ3v) is 3.85. The number of hydrogen-bond acceptors (Lipinski definition) is 5. The highest BCUT2D eigenvalue weighted by Gasteiger charge is 2.12. The van der Waals surface area contributed by atoms with Gasteiger partial charge in [-0.15, -0.1) is 0 Å². The summed E-state index contributed by atoms with van der Waals surface area (Å²) < 4.78 is 0. The Morgan fingerprint density at radius 2 is 2.28 bits per heavy atom. The molecule has 1 aromatic heterocycles. The van der Waals surface area contributed by atoms with Gasteiger partial charge < -0.3 is 15.8 Å². The zero-order valence-electron chi connectivity index (χ0n) is 10.4. The average molecular weight is 271 g/mol. The number of anilines is 1. The molecule has 0 aliphatic heterocycles. The van der Waals surface area contributed by atoms with Crippen LogP contribution in [0.4, 0.5) is 5.82 Å². The highest BCUT2D eigenvalue weighted by molar-refractivity contribution is 7.99. The molecule has 7 heteroatoms. The molecule has 0 fully saturated rings. The van der Waals surface area contributed by atoms with Crippen molar-refractivity contribution >= 4 is 23.5 Å². The summed E-state index contributed by atoms with van der Waals surface area (Å²) in [7, 11) is 0. The Kier molecular flexibility index (Phi) is 5.21. The number of rotatable bonds is 6. The van der Waals surface area contributed by atoms with Crippen LogP contribution in [0.1, 0.15) is 31.7 Å². The van der Waals surface area contributed by atoms with Crippen molar-refractivity contribution in [1.82, 2.24) is 9.97 Å². The molecule has 0 spiro atoms. The molecule has 0 aliphatic rings. The molecule has 18 heavy (non-hydrogen) atoms. The average Bonchev–Trinajstić information content (AvgIpc) is 2.30. The van der Waals surface area contributed by atoms with Gasteiger partial charge in [-0.3, -0.25) is 9.59 Å². The zero-order chi connectivity index (χ0) is 13.7. The van der Waals surface area contributed by atoms with Gasteiger partial charge in [0.05, 0.1) is 17.7 Å². The fourth-order valence-corrected chi connectivity index (χ4v) is 2.11. The predicted molar refractivity (Wildman–Crippen MR) is 71.7 cm³/mol. The minimum absolute atomic E-state index is 0.000835. The van der Waals surface area contributed by atoms with Gasteiger partial charge in [0.15, 0.2) is 0 Å². The molecule has 0 aromatic carbocycles. The second-order valence-electron chi connectivity index (χ2n) is 3.98. The van der Waals surface area contributed by atoms with E-state index in [1.54, 1.807) is 11.8 Å². The van der Waals surface area contributed by atoms with Crippen LogP contribution in [0.3, 0.4) is 0 Å². The minimum atomic E-state index is -1.10. The molecule has 0 saturated heterocycles. The molecular weight excluding hydrogens is 254 g/mol. The second kappa shape index (κ2) is 6.44. The smallest absolute Gasteiger partial charge is 0.308 e. The Morgan fingerprint density at radius 3 is 2.78 bits per heavy atom. The maximum atomic E-state index is 11.7. The standard InChI is InChI=1S/C11H17N3O3S/c1-3-6(2)18-5-8-13-10(12)7(4-9(15)16)11(17)14-8/h6H,3-5H2,1-2H3,(H,15,16)(H3,12,13,14,17). The lowest BCUT2D eigenvalue weighted by Gasteiger charge is -2.08. The zero-order valence-corrected chi connectivity index (χ0v) is 11.2. The number of nitrogens with zero attached hydrogens (tertiary/aromatic N) is 1. The topological polar surface area (TPSA) is 109 Å². The predicted octanol–water partition coefficient (Wildman–Crippen LogP) is 1.01. The summed E-state index contributed by atoms with van der Waals surface area (Å²) in [5, 5.41) is 9.12. The van der Waals surface area contributed by atoms with Gasteiger partial charge in [0.25, 0.3) is 5.56 Å². The van der Waals surface area contributed by atoms with Gasteiger partial charge in [-0.2, -0.15) is 11.8 Å². The number of carboxylic acids is 1. The lowest BCUT2D eigenvalue weighted by Crippen LogP contribution is -2.22. The number of nitrogens with two attached hydrogens (primary N) is 1. The van der Waals surface area contributed by atoms with E-state index in [9.17, 15) is 9.59 Å². The molecule has 1 heterocycles. The molecule has 6 nitrogen and oxygen atoms in total. The molecule has 0 saturated carbocycles. The molecule has 1 aromatic rings. The summed E-state index contributed by atoms with van der Waals surface area (Å²) in [6.07, 6.45) is 0.619. The number of carbonyl (C=O) groups is 1. The summed E-state index contributed by atoms with van der Waals surface area (Å²) >= 11 is 1.66. The Balaban J connectivity index is 2.86. The SMILES string of the molecule is CCC(C)SCc1nc(N)c(CC(=O)O)c(=O)[nH]1. The van der Waals surface area contributed by atoms with E-state index in [4.69, 9.17) is 10.8 Å². The summed E-state index contributed by atoms with van der Waals surface area (Å²) in [5.74, 6) is -0.0597. The second-order valence-corrected chi connectivity index (χ2v) is 5.40. The van der Waals surface area contributed by atoms with Gasteiger partial charge in [0.2, 0.25) is 0 Å². The van der Waals surface area contributed by atoms with Crippen molar-refractivity contribution in [3.05, 3.63) is 21.7 Å². The molecular formula is C11H17N3O3S. The number of hydrogen-bond donors (Lipinski definition) is 3. The van der Waals surface area contributed by atoms with Gasteiger partial charge in [0.1, 0.15) is 11.6 Å². The van der Waals surface area contributed by atoms with Crippen molar-refractivity contribution in [2.75, 3.05) is 5.73 Å². The van der Waals surface area contributed by atoms with E-state index in [0.29, 0.717) is 16.8 Å². The summed E-state index contributed by atoms with van der Waals surface area (Å²) in [6, 6.07) is 0. The van der Waals surface area contributed by atoms with Crippen LogP contribution in [-0.4, -0.2) is 26.3 Å². The van der Waals surface area contributed by atoms with Crippen molar-refractivity contribution in [3.63, 3.8) is 0 Å². The van der Waals surface area contributed by atoms with Crippen LogP contribution in [0.2, 0.25) is 0 Å². The van der Waals surface area contributed by atoms with Crippen LogP contribution in [0.15, 0.2) is 4.79 Å². The van der Waals surface area contributed by atoms with E-state index in [0.717, 1.165) is 6.42 Å². The highest BCUT2D eigenvalue weighted by Crippen LogP contribution is 2.17. The fourth-order valence-electron chi connectivity index (χ4n) is 1.29. The first-order valence-corrected chi connectivity index (χ1v) is 6.69. The number of nitrogen functional groups attached to an aromatic ring is 1. The quantitative estimate of drug-likeness (QED) is 0.712. The van der Waals surface area contributed by atoms with Crippen LogP contribution in [0, 0.1) is 0 Å². The van der Waals surface area contributed by atoms with Crippen molar-refractivity contribution in [3.8, 4) is 0 Å². The lowest BCUT2D eigenvalue weighted by atomic mass is 10.2. The van der Waals surface area contributed by atoms with Crippen LogP contribution in [0.5, 0.6) is 0 Å². The van der Waals surface area contributed by atoms with Gasteiger partial charge in [-0.05, 0) is 6.42 Å². The van der Waals surface area contributed by atoms with E-state index in [1.807, 2.05) is 0 Å². The largest absolute Gasteiger partial charge is 0.481 e. The van der Waals surface area contributed by atoms with Crippen LogP contribution < -0.4 is 11.3 Å². The van der Waals surface area contributed by atoms with Crippen LogP contribution in [-0.2, 0) is 17.0 Å². The normalized spacial score (nSPS) is 12.3. The molecule has 0 aliphatic carbocycles. The van der Waals surface area contributed by atoms with E-state index in [1.165, 1.54) is 0 Å². The summed E-state index contributed by atoms with van der Waals surface area (Å²) in [4.78, 5) is 28.8. The molecule has 1 unspecified atom stereocenters. The lowest BCUT2D eigenvalue weighted by molar-refractivity contribution is -0.136. The van der Waals surface area contributed by atoms with Crippen molar-refractivity contribution in [1.29, 1.82) is 0 Å². The number of H-pyrrole nitrogens is 1. The first-order chi connectivity index (χ1) is 8.43. The Morgan fingerprint density at radius 1 is 1.61 bits per heavy atom. The Hall–Kier alpha value is -1.50. The van der Waals surface area contributed by atoms with Crippen molar-refractivity contribution in [2.45, 2.75) is 37.7 Å². The monoisotopic (exact) mass is 271 g/mol. The molecule has 1 atom stereocenters. The number of carboxylic acid groups (broad SMARTS) is 1.